The Labute approximate surface area is 106 Å². The quantitative estimate of drug-likeness (QED) is 0.598. The number of likely N-dealkylation sites (N-methyl/N-ethyl adjacent to an activating group) is 1. The molecule has 0 aliphatic heterocycles. The van der Waals surface area contributed by atoms with Crippen molar-refractivity contribution in [3.8, 4) is 0 Å². The van der Waals surface area contributed by atoms with Gasteiger partial charge in [0, 0.05) is 19.3 Å². The van der Waals surface area contributed by atoms with Crippen LogP contribution in [-0.4, -0.2) is 38.5 Å². The fourth-order valence-electron chi connectivity index (χ4n) is 2.27. The molecule has 3 nitrogen and oxygen atoms in total. The number of unbranched alkanes of at least 4 members (excludes halogenated alkanes) is 3. The fourth-order valence-corrected chi connectivity index (χ4v) is 2.27. The summed E-state index contributed by atoms with van der Waals surface area (Å²) in [5.74, 6) is 0. The molecule has 1 fully saturated rings. The van der Waals surface area contributed by atoms with Crippen LogP contribution in [0.1, 0.15) is 52.4 Å². The van der Waals surface area contributed by atoms with Gasteiger partial charge in [0.15, 0.2) is 0 Å². The zero-order chi connectivity index (χ0) is 12.5. The van der Waals surface area contributed by atoms with Crippen LogP contribution < -0.4 is 5.32 Å². The van der Waals surface area contributed by atoms with Crippen LogP contribution in [0.25, 0.3) is 0 Å². The van der Waals surface area contributed by atoms with Gasteiger partial charge >= 0.3 is 0 Å². The lowest BCUT2D eigenvalue weighted by Gasteiger charge is -2.43. The van der Waals surface area contributed by atoms with E-state index in [0.717, 1.165) is 26.1 Å². The molecule has 0 bridgehead atoms. The Morgan fingerprint density at radius 1 is 1.00 bits per heavy atom. The van der Waals surface area contributed by atoms with E-state index in [1.54, 1.807) is 0 Å². The Bertz CT molecular complexity index is 187. The molecule has 0 heterocycles. The Morgan fingerprint density at radius 2 is 1.82 bits per heavy atom. The van der Waals surface area contributed by atoms with E-state index >= 15 is 0 Å². The normalized spacial score (nSPS) is 28.1. The van der Waals surface area contributed by atoms with E-state index in [9.17, 15) is 0 Å². The minimum atomic E-state index is 0.270. The highest BCUT2D eigenvalue weighted by molar-refractivity contribution is 4.96. The molecule has 0 radical (unpaired) electrons. The first-order chi connectivity index (χ1) is 8.33. The average Bonchev–Trinajstić information content (AvgIpc) is 2.32. The third-order valence-corrected chi connectivity index (χ3v) is 3.46. The smallest absolute Gasteiger partial charge is 0.0990 e. The highest BCUT2D eigenvalue weighted by Gasteiger charge is 2.41. The molecule has 0 amide bonds. The SMILES string of the molecule is CCCCCCOC1CC(NC)C1OCCC. The van der Waals surface area contributed by atoms with Crippen LogP contribution in [0.15, 0.2) is 0 Å². The minimum absolute atomic E-state index is 0.270. The summed E-state index contributed by atoms with van der Waals surface area (Å²) in [4.78, 5) is 0. The molecule has 3 atom stereocenters. The molecule has 1 N–H and O–H groups in total. The molecule has 0 spiro atoms. The third kappa shape index (κ3) is 4.94. The Morgan fingerprint density at radius 3 is 2.47 bits per heavy atom. The summed E-state index contributed by atoms with van der Waals surface area (Å²) in [7, 11) is 2.00. The predicted octanol–water partition coefficient (Wildman–Crippen LogP) is 2.74. The van der Waals surface area contributed by atoms with Crippen molar-refractivity contribution in [1.82, 2.24) is 5.32 Å². The van der Waals surface area contributed by atoms with Gasteiger partial charge in [-0.3, -0.25) is 0 Å². The lowest BCUT2D eigenvalue weighted by molar-refractivity contribution is -0.146. The molecule has 1 saturated carbocycles. The number of hydrogen-bond acceptors (Lipinski definition) is 3. The fraction of sp³-hybridized carbons (Fsp3) is 1.00. The van der Waals surface area contributed by atoms with Gasteiger partial charge in [0.05, 0.1) is 12.2 Å². The second kappa shape index (κ2) is 8.90. The molecular formula is C14H29NO2. The molecule has 1 rings (SSSR count). The van der Waals surface area contributed by atoms with Crippen LogP contribution in [-0.2, 0) is 9.47 Å². The van der Waals surface area contributed by atoms with Crippen LogP contribution >= 0.6 is 0 Å². The first kappa shape index (κ1) is 14.9. The number of nitrogens with one attached hydrogen (secondary N) is 1. The lowest BCUT2D eigenvalue weighted by atomic mass is 9.85. The largest absolute Gasteiger partial charge is 0.375 e. The minimum Gasteiger partial charge on any atom is -0.375 e. The lowest BCUT2D eigenvalue weighted by Crippen LogP contribution is -2.59. The number of ether oxygens (including phenoxy) is 2. The van der Waals surface area contributed by atoms with E-state index in [1.807, 2.05) is 7.05 Å². The van der Waals surface area contributed by atoms with E-state index in [-0.39, 0.29) is 6.10 Å². The van der Waals surface area contributed by atoms with Crippen LogP contribution in [0, 0.1) is 0 Å². The van der Waals surface area contributed by atoms with Gasteiger partial charge in [-0.1, -0.05) is 33.1 Å². The topological polar surface area (TPSA) is 30.5 Å². The van der Waals surface area contributed by atoms with E-state index in [2.05, 4.69) is 19.2 Å². The average molecular weight is 243 g/mol. The van der Waals surface area contributed by atoms with Gasteiger partial charge in [0.2, 0.25) is 0 Å². The van der Waals surface area contributed by atoms with Gasteiger partial charge in [0.1, 0.15) is 0 Å². The Balaban J connectivity index is 2.10. The van der Waals surface area contributed by atoms with Crippen LogP contribution in [0.5, 0.6) is 0 Å². The Hall–Kier alpha value is -0.120. The summed E-state index contributed by atoms with van der Waals surface area (Å²) in [5, 5.41) is 3.30. The van der Waals surface area contributed by atoms with Crippen molar-refractivity contribution >= 4 is 0 Å². The van der Waals surface area contributed by atoms with Crippen LogP contribution in [0.4, 0.5) is 0 Å². The van der Waals surface area contributed by atoms with Crippen molar-refractivity contribution < 1.29 is 9.47 Å². The number of hydrogen-bond donors (Lipinski definition) is 1. The van der Waals surface area contributed by atoms with E-state index in [0.29, 0.717) is 12.1 Å². The highest BCUT2D eigenvalue weighted by atomic mass is 16.5. The van der Waals surface area contributed by atoms with Crippen molar-refractivity contribution in [2.24, 2.45) is 0 Å². The van der Waals surface area contributed by atoms with Crippen LogP contribution in [0.3, 0.4) is 0 Å². The third-order valence-electron chi connectivity index (χ3n) is 3.46. The van der Waals surface area contributed by atoms with E-state index in [1.165, 1.54) is 25.7 Å². The van der Waals surface area contributed by atoms with Gasteiger partial charge in [-0.2, -0.15) is 0 Å². The summed E-state index contributed by atoms with van der Waals surface area (Å²) in [5.41, 5.74) is 0. The molecule has 3 unspecified atom stereocenters. The predicted molar refractivity (Wildman–Crippen MR) is 71.4 cm³/mol. The standard InChI is InChI=1S/C14H29NO2/c1-4-6-7-8-10-16-13-11-12(15-3)14(13)17-9-5-2/h12-15H,4-11H2,1-3H3. The van der Waals surface area contributed by atoms with Crippen molar-refractivity contribution in [3.05, 3.63) is 0 Å². The molecular weight excluding hydrogens is 214 g/mol. The summed E-state index contributed by atoms with van der Waals surface area (Å²) in [6, 6.07) is 0.488. The van der Waals surface area contributed by atoms with Crippen molar-refractivity contribution in [2.75, 3.05) is 20.3 Å². The highest BCUT2D eigenvalue weighted by Crippen LogP contribution is 2.27. The van der Waals surface area contributed by atoms with Gasteiger partial charge < -0.3 is 14.8 Å². The number of rotatable bonds is 10. The molecule has 17 heavy (non-hydrogen) atoms. The van der Waals surface area contributed by atoms with Gasteiger partial charge in [-0.05, 0) is 26.3 Å². The van der Waals surface area contributed by atoms with Gasteiger partial charge in [-0.25, -0.2) is 0 Å². The Kier molecular flexibility index (Phi) is 7.82. The summed E-state index contributed by atoms with van der Waals surface area (Å²) < 4.78 is 11.7. The maximum atomic E-state index is 5.90. The molecule has 0 aromatic rings. The van der Waals surface area contributed by atoms with Crippen molar-refractivity contribution in [1.29, 1.82) is 0 Å². The summed E-state index contributed by atoms with van der Waals surface area (Å²) >= 11 is 0. The molecule has 102 valence electrons. The second-order valence-corrected chi connectivity index (χ2v) is 4.94. The second-order valence-electron chi connectivity index (χ2n) is 4.94. The molecule has 3 heteroatoms. The molecule has 1 aliphatic carbocycles. The zero-order valence-corrected chi connectivity index (χ0v) is 11.7. The van der Waals surface area contributed by atoms with E-state index in [4.69, 9.17) is 9.47 Å². The summed E-state index contributed by atoms with van der Waals surface area (Å²) in [6.45, 7) is 6.12. The van der Waals surface area contributed by atoms with Gasteiger partial charge in [-0.15, -0.1) is 0 Å². The summed E-state index contributed by atoms with van der Waals surface area (Å²) in [6.07, 6.45) is 7.85. The van der Waals surface area contributed by atoms with Crippen LogP contribution in [0.2, 0.25) is 0 Å². The van der Waals surface area contributed by atoms with E-state index < -0.39 is 0 Å². The molecule has 1 aliphatic rings. The van der Waals surface area contributed by atoms with Crippen molar-refractivity contribution in [2.45, 2.75) is 70.6 Å². The maximum Gasteiger partial charge on any atom is 0.0990 e. The van der Waals surface area contributed by atoms with Gasteiger partial charge in [0.25, 0.3) is 0 Å². The molecule has 0 saturated heterocycles. The monoisotopic (exact) mass is 243 g/mol. The maximum absolute atomic E-state index is 5.90. The zero-order valence-electron chi connectivity index (χ0n) is 11.7. The first-order valence-corrected chi connectivity index (χ1v) is 7.23. The van der Waals surface area contributed by atoms with Crippen molar-refractivity contribution in [3.63, 3.8) is 0 Å². The molecule has 0 aromatic heterocycles. The molecule has 0 aromatic carbocycles. The first-order valence-electron chi connectivity index (χ1n) is 7.23.